The van der Waals surface area contributed by atoms with E-state index in [1.807, 2.05) is 18.2 Å². The number of benzene rings is 1. The van der Waals surface area contributed by atoms with Crippen molar-refractivity contribution in [1.29, 1.82) is 0 Å². The van der Waals surface area contributed by atoms with Crippen LogP contribution >= 0.6 is 0 Å². The lowest BCUT2D eigenvalue weighted by Gasteiger charge is -2.09. The van der Waals surface area contributed by atoms with E-state index in [1.54, 1.807) is 12.3 Å². The van der Waals surface area contributed by atoms with Crippen molar-refractivity contribution >= 4 is 11.6 Å². The van der Waals surface area contributed by atoms with Gasteiger partial charge in [0.15, 0.2) is 0 Å². The minimum absolute atomic E-state index is 0.0608. The van der Waals surface area contributed by atoms with Gasteiger partial charge in [-0.2, -0.15) is 0 Å². The summed E-state index contributed by atoms with van der Waals surface area (Å²) >= 11 is 0. The van der Waals surface area contributed by atoms with Gasteiger partial charge in [0.05, 0.1) is 19.4 Å². The summed E-state index contributed by atoms with van der Waals surface area (Å²) in [5, 5.41) is 5.89. The first-order valence-corrected chi connectivity index (χ1v) is 6.78. The fourth-order valence-corrected chi connectivity index (χ4v) is 1.83. The normalized spacial score (nSPS) is 10.6. The molecule has 106 valence electrons. The van der Waals surface area contributed by atoms with Crippen LogP contribution in [-0.2, 0) is 11.3 Å². The predicted octanol–water partition coefficient (Wildman–Crippen LogP) is 3.13. The smallest absolute Gasteiger partial charge is 0.239 e. The van der Waals surface area contributed by atoms with Crippen molar-refractivity contribution in [1.82, 2.24) is 5.32 Å². The number of anilines is 1. The lowest BCUT2D eigenvalue weighted by molar-refractivity contribution is -0.119. The van der Waals surface area contributed by atoms with Crippen LogP contribution in [0.3, 0.4) is 0 Å². The van der Waals surface area contributed by atoms with E-state index in [2.05, 4.69) is 36.6 Å². The van der Waals surface area contributed by atoms with E-state index in [9.17, 15) is 4.79 Å². The van der Waals surface area contributed by atoms with E-state index in [-0.39, 0.29) is 12.5 Å². The van der Waals surface area contributed by atoms with Crippen LogP contribution in [-0.4, -0.2) is 12.5 Å². The molecule has 1 aromatic heterocycles. The summed E-state index contributed by atoms with van der Waals surface area (Å²) in [4.78, 5) is 11.7. The van der Waals surface area contributed by atoms with E-state index < -0.39 is 0 Å². The van der Waals surface area contributed by atoms with E-state index in [0.717, 1.165) is 11.4 Å². The summed E-state index contributed by atoms with van der Waals surface area (Å²) in [7, 11) is 0. The molecule has 4 nitrogen and oxygen atoms in total. The van der Waals surface area contributed by atoms with Crippen molar-refractivity contribution < 1.29 is 9.21 Å². The maximum atomic E-state index is 11.7. The van der Waals surface area contributed by atoms with E-state index in [1.165, 1.54) is 5.56 Å². The predicted molar refractivity (Wildman–Crippen MR) is 79.6 cm³/mol. The first-order chi connectivity index (χ1) is 9.65. The number of nitrogens with one attached hydrogen (secondary N) is 2. The van der Waals surface area contributed by atoms with Crippen LogP contribution in [0.4, 0.5) is 5.69 Å². The van der Waals surface area contributed by atoms with Gasteiger partial charge in [-0.1, -0.05) is 26.0 Å². The van der Waals surface area contributed by atoms with Gasteiger partial charge < -0.3 is 15.1 Å². The van der Waals surface area contributed by atoms with Gasteiger partial charge in [-0.25, -0.2) is 0 Å². The highest BCUT2D eigenvalue weighted by atomic mass is 16.3. The van der Waals surface area contributed by atoms with Crippen LogP contribution in [0.1, 0.15) is 31.1 Å². The van der Waals surface area contributed by atoms with Gasteiger partial charge in [0.2, 0.25) is 5.91 Å². The second-order valence-corrected chi connectivity index (χ2v) is 4.99. The lowest BCUT2D eigenvalue weighted by atomic mass is 10.0. The Morgan fingerprint density at radius 2 is 1.95 bits per heavy atom. The van der Waals surface area contributed by atoms with Crippen LogP contribution in [0.25, 0.3) is 0 Å². The van der Waals surface area contributed by atoms with Gasteiger partial charge in [0.25, 0.3) is 0 Å². The Kier molecular flexibility index (Phi) is 4.82. The molecule has 0 saturated carbocycles. The third kappa shape index (κ3) is 4.16. The highest BCUT2D eigenvalue weighted by Gasteiger charge is 2.03. The van der Waals surface area contributed by atoms with Crippen molar-refractivity contribution in [2.75, 3.05) is 11.9 Å². The third-order valence-corrected chi connectivity index (χ3v) is 3.07. The van der Waals surface area contributed by atoms with Crippen LogP contribution in [0.5, 0.6) is 0 Å². The summed E-state index contributed by atoms with van der Waals surface area (Å²) < 4.78 is 5.15. The number of hydrogen-bond acceptors (Lipinski definition) is 3. The van der Waals surface area contributed by atoms with Gasteiger partial charge in [0, 0.05) is 5.69 Å². The first kappa shape index (κ1) is 14.2. The van der Waals surface area contributed by atoms with Crippen molar-refractivity contribution in [3.63, 3.8) is 0 Å². The second-order valence-electron chi connectivity index (χ2n) is 4.99. The van der Waals surface area contributed by atoms with Gasteiger partial charge >= 0.3 is 0 Å². The Bertz CT molecular complexity index is 530. The van der Waals surface area contributed by atoms with E-state index in [4.69, 9.17) is 4.42 Å². The Morgan fingerprint density at radius 1 is 1.20 bits per heavy atom. The zero-order chi connectivity index (χ0) is 14.4. The molecule has 0 saturated heterocycles. The Balaban J connectivity index is 1.75. The van der Waals surface area contributed by atoms with Gasteiger partial charge in [-0.15, -0.1) is 0 Å². The molecule has 1 aromatic carbocycles. The zero-order valence-electron chi connectivity index (χ0n) is 11.8. The SMILES string of the molecule is CC(C)c1ccc(NCC(=O)NCc2ccco2)cc1. The molecule has 2 aromatic rings. The molecule has 0 fully saturated rings. The summed E-state index contributed by atoms with van der Waals surface area (Å²) in [5.41, 5.74) is 2.24. The van der Waals surface area contributed by atoms with Crippen LogP contribution < -0.4 is 10.6 Å². The summed E-state index contributed by atoms with van der Waals surface area (Å²) in [5.74, 6) is 1.20. The van der Waals surface area contributed by atoms with Crippen LogP contribution in [0.2, 0.25) is 0 Å². The molecule has 0 bridgehead atoms. The van der Waals surface area contributed by atoms with E-state index >= 15 is 0 Å². The topological polar surface area (TPSA) is 54.3 Å². The summed E-state index contributed by atoms with van der Waals surface area (Å²) in [6.07, 6.45) is 1.59. The molecular formula is C16H20N2O2. The molecular weight excluding hydrogens is 252 g/mol. The average molecular weight is 272 g/mol. The van der Waals surface area contributed by atoms with Gasteiger partial charge in [-0.05, 0) is 35.7 Å². The molecule has 2 rings (SSSR count). The largest absolute Gasteiger partial charge is 0.467 e. The lowest BCUT2D eigenvalue weighted by Crippen LogP contribution is -2.29. The minimum Gasteiger partial charge on any atom is -0.467 e. The highest BCUT2D eigenvalue weighted by Crippen LogP contribution is 2.16. The number of amides is 1. The Hall–Kier alpha value is -2.23. The molecule has 20 heavy (non-hydrogen) atoms. The van der Waals surface area contributed by atoms with Crippen molar-refractivity contribution in [2.24, 2.45) is 0 Å². The van der Waals surface area contributed by atoms with Crippen molar-refractivity contribution in [3.8, 4) is 0 Å². The highest BCUT2D eigenvalue weighted by molar-refractivity contribution is 5.80. The molecule has 0 unspecified atom stereocenters. The minimum atomic E-state index is -0.0608. The molecule has 0 aliphatic heterocycles. The van der Waals surface area contributed by atoms with Crippen molar-refractivity contribution in [3.05, 3.63) is 54.0 Å². The quantitative estimate of drug-likeness (QED) is 0.849. The molecule has 4 heteroatoms. The van der Waals surface area contributed by atoms with Crippen LogP contribution in [0, 0.1) is 0 Å². The molecule has 1 heterocycles. The molecule has 0 radical (unpaired) electrons. The summed E-state index contributed by atoms with van der Waals surface area (Å²) in [6, 6.07) is 11.8. The number of hydrogen-bond donors (Lipinski definition) is 2. The monoisotopic (exact) mass is 272 g/mol. The maximum Gasteiger partial charge on any atom is 0.239 e. The molecule has 0 spiro atoms. The standard InChI is InChI=1S/C16H20N2O2/c1-12(2)13-5-7-14(8-6-13)17-11-16(19)18-10-15-4-3-9-20-15/h3-9,12,17H,10-11H2,1-2H3,(H,18,19). The molecule has 2 N–H and O–H groups in total. The summed E-state index contributed by atoms with van der Waals surface area (Å²) in [6.45, 7) is 4.98. The van der Waals surface area contributed by atoms with Crippen molar-refractivity contribution in [2.45, 2.75) is 26.3 Å². The third-order valence-electron chi connectivity index (χ3n) is 3.07. The number of rotatable bonds is 6. The maximum absolute atomic E-state index is 11.7. The zero-order valence-corrected chi connectivity index (χ0v) is 11.8. The van der Waals surface area contributed by atoms with E-state index in [0.29, 0.717) is 12.5 Å². The van der Waals surface area contributed by atoms with Gasteiger partial charge in [0.1, 0.15) is 5.76 Å². The molecule has 0 atom stereocenters. The van der Waals surface area contributed by atoms with Gasteiger partial charge in [-0.3, -0.25) is 4.79 Å². The molecule has 0 aliphatic carbocycles. The fourth-order valence-electron chi connectivity index (χ4n) is 1.83. The number of carbonyl (C=O) groups is 1. The second kappa shape index (κ2) is 6.80. The first-order valence-electron chi connectivity index (χ1n) is 6.78. The Morgan fingerprint density at radius 3 is 2.55 bits per heavy atom. The average Bonchev–Trinajstić information content (AvgIpc) is 2.96. The number of carbonyl (C=O) groups excluding carboxylic acids is 1. The Labute approximate surface area is 119 Å². The van der Waals surface area contributed by atoms with Crippen LogP contribution in [0.15, 0.2) is 47.1 Å². The molecule has 1 amide bonds. The number of furan rings is 1. The fraction of sp³-hybridized carbons (Fsp3) is 0.312. The molecule has 0 aliphatic rings.